The van der Waals surface area contributed by atoms with Crippen LogP contribution in [0, 0.1) is 5.92 Å². The molecule has 0 radical (unpaired) electrons. The van der Waals surface area contributed by atoms with Gasteiger partial charge in [-0.2, -0.15) is 0 Å². The Bertz CT molecular complexity index is 230. The van der Waals surface area contributed by atoms with Crippen LogP contribution in [0.15, 0.2) is 0 Å². The molecule has 2 amide bonds. The summed E-state index contributed by atoms with van der Waals surface area (Å²) in [6.07, 6.45) is 0.392. The van der Waals surface area contributed by atoms with E-state index in [9.17, 15) is 9.59 Å². The second-order valence-corrected chi connectivity index (χ2v) is 3.72. The van der Waals surface area contributed by atoms with Gasteiger partial charge in [0.25, 0.3) is 0 Å². The minimum Gasteiger partial charge on any atom is -0.354 e. The van der Waals surface area contributed by atoms with Crippen LogP contribution in [0.25, 0.3) is 0 Å². The molecule has 0 aliphatic carbocycles. The van der Waals surface area contributed by atoms with E-state index in [-0.39, 0.29) is 24.3 Å². The van der Waals surface area contributed by atoms with E-state index in [1.807, 2.05) is 6.92 Å². The quantitative estimate of drug-likeness (QED) is 0.607. The third-order valence-electron chi connectivity index (χ3n) is 2.28. The minimum absolute atomic E-state index is 0.0312. The van der Waals surface area contributed by atoms with Crippen molar-refractivity contribution >= 4 is 11.8 Å². The van der Waals surface area contributed by atoms with Crippen molar-refractivity contribution in [3.05, 3.63) is 0 Å². The number of carbonyl (C=O) groups is 2. The summed E-state index contributed by atoms with van der Waals surface area (Å²) in [6.45, 7) is 3.69. The first-order valence-electron chi connectivity index (χ1n) is 4.88. The zero-order valence-corrected chi connectivity index (χ0v) is 8.45. The van der Waals surface area contributed by atoms with Gasteiger partial charge in [0.1, 0.15) is 0 Å². The number of amides is 2. The lowest BCUT2D eigenvalue weighted by atomic mass is 10.1. The van der Waals surface area contributed by atoms with Crippen LogP contribution in [-0.2, 0) is 9.59 Å². The monoisotopic (exact) mass is 199 g/mol. The summed E-state index contributed by atoms with van der Waals surface area (Å²) in [4.78, 5) is 24.3. The van der Waals surface area contributed by atoms with Crippen LogP contribution in [0.3, 0.4) is 0 Å². The van der Waals surface area contributed by atoms with Crippen molar-refractivity contribution in [1.82, 2.24) is 10.2 Å². The molecule has 1 aliphatic heterocycles. The fourth-order valence-corrected chi connectivity index (χ4v) is 1.40. The molecule has 1 aliphatic rings. The molecule has 80 valence electrons. The number of carbonyl (C=O) groups excluding carboxylic acids is 2. The molecule has 5 nitrogen and oxygen atoms in total. The molecule has 0 bridgehead atoms. The molecular formula is C9H17N3O2. The van der Waals surface area contributed by atoms with Crippen molar-refractivity contribution in [1.29, 1.82) is 0 Å². The van der Waals surface area contributed by atoms with Gasteiger partial charge >= 0.3 is 0 Å². The van der Waals surface area contributed by atoms with E-state index in [1.165, 1.54) is 0 Å². The van der Waals surface area contributed by atoms with E-state index >= 15 is 0 Å². The second-order valence-electron chi connectivity index (χ2n) is 3.72. The zero-order chi connectivity index (χ0) is 10.6. The minimum atomic E-state index is -0.0833. The lowest BCUT2D eigenvalue weighted by molar-refractivity contribution is -0.134. The molecule has 1 heterocycles. The van der Waals surface area contributed by atoms with Gasteiger partial charge in [-0.05, 0) is 12.5 Å². The highest BCUT2D eigenvalue weighted by molar-refractivity contribution is 5.87. The Morgan fingerprint density at radius 2 is 2.29 bits per heavy atom. The first-order chi connectivity index (χ1) is 6.63. The van der Waals surface area contributed by atoms with E-state index in [4.69, 9.17) is 5.73 Å². The number of nitrogens with one attached hydrogen (secondary N) is 1. The van der Waals surface area contributed by atoms with Crippen LogP contribution in [-0.4, -0.2) is 42.9 Å². The summed E-state index contributed by atoms with van der Waals surface area (Å²) >= 11 is 0. The summed E-state index contributed by atoms with van der Waals surface area (Å²) in [7, 11) is 0. The van der Waals surface area contributed by atoms with Crippen LogP contribution < -0.4 is 11.1 Å². The average Bonchev–Trinajstić information content (AvgIpc) is 2.29. The van der Waals surface area contributed by atoms with E-state index in [0.29, 0.717) is 26.1 Å². The fourth-order valence-electron chi connectivity index (χ4n) is 1.40. The summed E-state index contributed by atoms with van der Waals surface area (Å²) in [5.41, 5.74) is 5.47. The van der Waals surface area contributed by atoms with E-state index in [2.05, 4.69) is 5.32 Å². The number of hydrogen-bond donors (Lipinski definition) is 2. The predicted octanol–water partition coefficient (Wildman–Crippen LogP) is -1.07. The molecule has 0 aromatic heterocycles. The maximum Gasteiger partial charge on any atom is 0.239 e. The maximum atomic E-state index is 11.5. The Hall–Kier alpha value is -1.10. The Labute approximate surface area is 83.6 Å². The largest absolute Gasteiger partial charge is 0.354 e. The molecule has 14 heavy (non-hydrogen) atoms. The Morgan fingerprint density at radius 3 is 2.93 bits per heavy atom. The normalized spacial score (nSPS) is 20.3. The molecule has 1 atom stereocenters. The summed E-state index contributed by atoms with van der Waals surface area (Å²) in [5.74, 6) is 0.188. The Balaban J connectivity index is 2.54. The number of hydrogen-bond acceptors (Lipinski definition) is 3. The molecular weight excluding hydrogens is 182 g/mol. The summed E-state index contributed by atoms with van der Waals surface area (Å²) in [5, 5.41) is 2.66. The Kier molecular flexibility index (Phi) is 3.88. The lowest BCUT2D eigenvalue weighted by Gasteiger charge is -2.22. The van der Waals surface area contributed by atoms with Crippen molar-refractivity contribution in [2.45, 2.75) is 13.3 Å². The van der Waals surface area contributed by atoms with Crippen molar-refractivity contribution in [3.63, 3.8) is 0 Å². The standard InChI is InChI=1S/C9H17N3O2/c1-7(4-10)5-12-6-8(13)11-3-2-9(12)14/h7H,2-6,10H2,1H3,(H,11,13). The highest BCUT2D eigenvalue weighted by Crippen LogP contribution is 2.03. The van der Waals surface area contributed by atoms with Gasteiger partial charge < -0.3 is 16.0 Å². The van der Waals surface area contributed by atoms with Crippen LogP contribution >= 0.6 is 0 Å². The van der Waals surface area contributed by atoms with E-state index in [1.54, 1.807) is 4.90 Å². The van der Waals surface area contributed by atoms with E-state index < -0.39 is 0 Å². The van der Waals surface area contributed by atoms with Gasteiger partial charge in [-0.3, -0.25) is 9.59 Å². The smallest absolute Gasteiger partial charge is 0.239 e. The predicted molar refractivity (Wildman–Crippen MR) is 52.4 cm³/mol. The second kappa shape index (κ2) is 4.95. The molecule has 1 fully saturated rings. The van der Waals surface area contributed by atoms with Gasteiger partial charge in [0, 0.05) is 19.5 Å². The van der Waals surface area contributed by atoms with Crippen molar-refractivity contribution in [2.24, 2.45) is 11.7 Å². The molecule has 0 saturated carbocycles. The molecule has 1 saturated heterocycles. The van der Waals surface area contributed by atoms with Gasteiger partial charge in [-0.25, -0.2) is 0 Å². The van der Waals surface area contributed by atoms with Gasteiger partial charge in [0.05, 0.1) is 6.54 Å². The fraction of sp³-hybridized carbons (Fsp3) is 0.778. The first kappa shape index (κ1) is 11.0. The van der Waals surface area contributed by atoms with Gasteiger partial charge in [0.15, 0.2) is 0 Å². The van der Waals surface area contributed by atoms with Gasteiger partial charge in [-0.15, -0.1) is 0 Å². The van der Waals surface area contributed by atoms with E-state index in [0.717, 1.165) is 0 Å². The van der Waals surface area contributed by atoms with Crippen LogP contribution in [0.5, 0.6) is 0 Å². The SMILES string of the molecule is CC(CN)CN1CC(=O)NCCC1=O. The van der Waals surface area contributed by atoms with Crippen molar-refractivity contribution < 1.29 is 9.59 Å². The topological polar surface area (TPSA) is 75.4 Å². The lowest BCUT2D eigenvalue weighted by Crippen LogP contribution is -2.39. The number of nitrogens with two attached hydrogens (primary N) is 1. The molecule has 0 aromatic rings. The highest BCUT2D eigenvalue weighted by Gasteiger charge is 2.21. The molecule has 0 spiro atoms. The molecule has 1 rings (SSSR count). The maximum absolute atomic E-state index is 11.5. The summed E-state index contributed by atoms with van der Waals surface area (Å²) in [6, 6.07) is 0. The Morgan fingerprint density at radius 1 is 1.57 bits per heavy atom. The highest BCUT2D eigenvalue weighted by atomic mass is 16.2. The third kappa shape index (κ3) is 2.99. The van der Waals surface area contributed by atoms with Crippen LogP contribution in [0.1, 0.15) is 13.3 Å². The van der Waals surface area contributed by atoms with Gasteiger partial charge in [0.2, 0.25) is 11.8 Å². The molecule has 0 aromatic carbocycles. The number of nitrogens with zero attached hydrogens (tertiary/aromatic N) is 1. The molecule has 5 heteroatoms. The van der Waals surface area contributed by atoms with Gasteiger partial charge in [-0.1, -0.05) is 6.92 Å². The van der Waals surface area contributed by atoms with Crippen LogP contribution in [0.2, 0.25) is 0 Å². The molecule has 1 unspecified atom stereocenters. The third-order valence-corrected chi connectivity index (χ3v) is 2.28. The average molecular weight is 199 g/mol. The molecule has 3 N–H and O–H groups in total. The number of rotatable bonds is 3. The zero-order valence-electron chi connectivity index (χ0n) is 8.45. The van der Waals surface area contributed by atoms with Crippen molar-refractivity contribution in [2.75, 3.05) is 26.2 Å². The van der Waals surface area contributed by atoms with Crippen LogP contribution in [0.4, 0.5) is 0 Å². The first-order valence-corrected chi connectivity index (χ1v) is 4.88. The summed E-state index contributed by atoms with van der Waals surface area (Å²) < 4.78 is 0. The van der Waals surface area contributed by atoms with Crippen molar-refractivity contribution in [3.8, 4) is 0 Å².